The molecule has 166 valence electrons. The average molecular weight is 462 g/mol. The van der Waals surface area contributed by atoms with Gasteiger partial charge in [0.1, 0.15) is 5.82 Å². The van der Waals surface area contributed by atoms with E-state index in [0.717, 1.165) is 23.3 Å². The molecule has 2 aromatic heterocycles. The number of aromatic nitrogens is 3. The summed E-state index contributed by atoms with van der Waals surface area (Å²) in [5, 5.41) is 12.1. The van der Waals surface area contributed by atoms with Gasteiger partial charge in [0.05, 0.1) is 10.6 Å². The van der Waals surface area contributed by atoms with Gasteiger partial charge >= 0.3 is 0 Å². The van der Waals surface area contributed by atoms with Gasteiger partial charge < -0.3 is 10.6 Å². The van der Waals surface area contributed by atoms with Crippen LogP contribution in [0.4, 0.5) is 10.1 Å². The number of carbonyl (C=O) groups is 2. The van der Waals surface area contributed by atoms with E-state index in [2.05, 4.69) is 20.7 Å². The van der Waals surface area contributed by atoms with Crippen molar-refractivity contribution < 1.29 is 14.0 Å². The highest BCUT2D eigenvalue weighted by Crippen LogP contribution is 2.26. The summed E-state index contributed by atoms with van der Waals surface area (Å²) >= 11 is 1.46. The molecule has 2 heterocycles. The molecule has 9 heteroatoms. The maximum atomic E-state index is 13.4. The zero-order valence-corrected chi connectivity index (χ0v) is 18.5. The lowest BCUT2D eigenvalue weighted by atomic mass is 10.1. The van der Waals surface area contributed by atoms with Gasteiger partial charge in [-0.15, -0.1) is 16.4 Å². The van der Waals surface area contributed by atoms with Gasteiger partial charge in [-0.2, -0.15) is 0 Å². The lowest BCUT2D eigenvalue weighted by Crippen LogP contribution is -2.25. The Morgan fingerprint density at radius 3 is 2.58 bits per heavy atom. The molecule has 33 heavy (non-hydrogen) atoms. The minimum absolute atomic E-state index is 0.0324. The molecular weight excluding hydrogens is 441 g/mol. The van der Waals surface area contributed by atoms with Crippen LogP contribution in [0.15, 0.2) is 60.0 Å². The van der Waals surface area contributed by atoms with Gasteiger partial charge in [-0.05, 0) is 73.2 Å². The first-order chi connectivity index (χ1) is 16.0. The van der Waals surface area contributed by atoms with Gasteiger partial charge in [0.15, 0.2) is 5.82 Å². The molecule has 0 atom stereocenters. The van der Waals surface area contributed by atoms with Crippen LogP contribution in [0.3, 0.4) is 0 Å². The number of rotatable bonds is 6. The standard InChI is InChI=1S/C24H20FN5O2S/c1-14-4-5-15(23(31)26-17-8-9-17)13-19(14)27-24(32)21-28-22(20-3-2-12-33-20)30(29-21)18-10-6-16(25)7-11-18/h2-7,10-13,17H,8-9H2,1H3,(H,26,31)(H,27,32). The minimum atomic E-state index is -0.503. The highest BCUT2D eigenvalue weighted by molar-refractivity contribution is 7.13. The smallest absolute Gasteiger partial charge is 0.295 e. The highest BCUT2D eigenvalue weighted by atomic mass is 32.1. The SMILES string of the molecule is Cc1ccc(C(=O)NC2CC2)cc1NC(=O)c1nc(-c2cccs2)n(-c2ccc(F)cc2)n1. The second kappa shape index (κ2) is 8.59. The third-order valence-corrected chi connectivity index (χ3v) is 6.15. The maximum Gasteiger partial charge on any atom is 0.295 e. The van der Waals surface area contributed by atoms with Crippen LogP contribution < -0.4 is 10.6 Å². The Kier molecular flexibility index (Phi) is 5.47. The molecule has 1 aliphatic rings. The lowest BCUT2D eigenvalue weighted by molar-refractivity contribution is 0.0949. The molecule has 0 saturated heterocycles. The number of thiophene rings is 1. The molecule has 7 nitrogen and oxygen atoms in total. The Labute approximate surface area is 193 Å². The van der Waals surface area contributed by atoms with Gasteiger partial charge in [0.2, 0.25) is 5.82 Å². The van der Waals surface area contributed by atoms with E-state index >= 15 is 0 Å². The Balaban J connectivity index is 1.45. The van der Waals surface area contributed by atoms with Crippen LogP contribution in [0.1, 0.15) is 39.4 Å². The van der Waals surface area contributed by atoms with Gasteiger partial charge in [-0.1, -0.05) is 12.1 Å². The van der Waals surface area contributed by atoms with Gasteiger partial charge in [-0.25, -0.2) is 14.1 Å². The summed E-state index contributed by atoms with van der Waals surface area (Å²) in [6, 6.07) is 15.0. The van der Waals surface area contributed by atoms with Crippen LogP contribution in [0, 0.1) is 12.7 Å². The topological polar surface area (TPSA) is 88.9 Å². The zero-order chi connectivity index (χ0) is 22.9. The van der Waals surface area contributed by atoms with Crippen LogP contribution in [0.2, 0.25) is 0 Å². The van der Waals surface area contributed by atoms with Crippen LogP contribution >= 0.6 is 11.3 Å². The zero-order valence-electron chi connectivity index (χ0n) is 17.7. The first-order valence-corrected chi connectivity index (χ1v) is 11.4. The first kappa shape index (κ1) is 21.0. The van der Waals surface area contributed by atoms with E-state index < -0.39 is 5.91 Å². The van der Waals surface area contributed by atoms with Crippen LogP contribution in [-0.2, 0) is 0 Å². The van der Waals surface area contributed by atoms with E-state index in [1.54, 1.807) is 30.3 Å². The predicted molar refractivity (Wildman–Crippen MR) is 124 cm³/mol. The third-order valence-electron chi connectivity index (χ3n) is 5.28. The minimum Gasteiger partial charge on any atom is -0.349 e. The van der Waals surface area contributed by atoms with Gasteiger partial charge in [0.25, 0.3) is 11.8 Å². The second-order valence-electron chi connectivity index (χ2n) is 7.86. The molecule has 0 bridgehead atoms. The number of nitrogens with zero attached hydrogens (tertiary/aromatic N) is 3. The second-order valence-corrected chi connectivity index (χ2v) is 8.80. The number of halogens is 1. The van der Waals surface area contributed by atoms with E-state index in [0.29, 0.717) is 22.8 Å². The molecule has 0 aliphatic heterocycles. The number of amides is 2. The maximum absolute atomic E-state index is 13.4. The van der Waals surface area contributed by atoms with E-state index in [-0.39, 0.29) is 23.6 Å². The fourth-order valence-corrected chi connectivity index (χ4v) is 4.01. The van der Waals surface area contributed by atoms with E-state index in [9.17, 15) is 14.0 Å². The van der Waals surface area contributed by atoms with Crippen molar-refractivity contribution in [1.29, 1.82) is 0 Å². The third kappa shape index (κ3) is 4.54. The van der Waals surface area contributed by atoms with Crippen molar-refractivity contribution in [2.75, 3.05) is 5.32 Å². The highest BCUT2D eigenvalue weighted by Gasteiger charge is 2.24. The molecule has 1 saturated carbocycles. The first-order valence-electron chi connectivity index (χ1n) is 10.5. The molecule has 2 N–H and O–H groups in total. The fourth-order valence-electron chi connectivity index (χ4n) is 3.31. The molecule has 5 rings (SSSR count). The normalized spacial score (nSPS) is 13.0. The molecule has 2 aromatic carbocycles. The Bertz CT molecular complexity index is 1330. The fraction of sp³-hybridized carbons (Fsp3) is 0.167. The molecule has 0 spiro atoms. The lowest BCUT2D eigenvalue weighted by Gasteiger charge is -2.10. The number of aryl methyl sites for hydroxylation is 1. The summed E-state index contributed by atoms with van der Waals surface area (Å²) in [5.41, 5.74) is 2.38. The number of anilines is 1. The van der Waals surface area contributed by atoms with E-state index in [1.165, 1.54) is 28.2 Å². The number of hydrogen-bond acceptors (Lipinski definition) is 5. The van der Waals surface area contributed by atoms with E-state index in [4.69, 9.17) is 0 Å². The summed E-state index contributed by atoms with van der Waals surface area (Å²) in [7, 11) is 0. The van der Waals surface area contributed by atoms with Crippen molar-refractivity contribution in [1.82, 2.24) is 20.1 Å². The van der Waals surface area contributed by atoms with Crippen molar-refractivity contribution in [3.8, 4) is 16.4 Å². The molecule has 4 aromatic rings. The Morgan fingerprint density at radius 1 is 1.09 bits per heavy atom. The summed E-state index contributed by atoms with van der Waals surface area (Å²) < 4.78 is 14.9. The largest absolute Gasteiger partial charge is 0.349 e. The summed E-state index contributed by atoms with van der Waals surface area (Å²) in [6.07, 6.45) is 1.99. The molecule has 0 radical (unpaired) electrons. The quantitative estimate of drug-likeness (QED) is 0.440. The Morgan fingerprint density at radius 2 is 1.88 bits per heavy atom. The molecule has 2 amide bonds. The molecule has 1 aliphatic carbocycles. The number of carbonyl (C=O) groups excluding carboxylic acids is 2. The number of hydrogen-bond donors (Lipinski definition) is 2. The average Bonchev–Trinajstić information content (AvgIpc) is 3.26. The summed E-state index contributed by atoms with van der Waals surface area (Å²) in [4.78, 5) is 30.7. The van der Waals surface area contributed by atoms with Crippen LogP contribution in [0.5, 0.6) is 0 Å². The van der Waals surface area contributed by atoms with Crippen LogP contribution in [-0.4, -0.2) is 32.6 Å². The van der Waals surface area contributed by atoms with Crippen molar-refractivity contribution in [2.45, 2.75) is 25.8 Å². The number of benzene rings is 2. The van der Waals surface area contributed by atoms with Crippen LogP contribution in [0.25, 0.3) is 16.4 Å². The molecule has 0 unspecified atom stereocenters. The Hall–Kier alpha value is -3.85. The van der Waals surface area contributed by atoms with Crippen molar-refractivity contribution in [3.05, 3.63) is 82.7 Å². The molecular formula is C24H20FN5O2S. The predicted octanol–water partition coefficient (Wildman–Crippen LogP) is 4.59. The van der Waals surface area contributed by atoms with Gasteiger partial charge in [-0.3, -0.25) is 9.59 Å². The summed E-state index contributed by atoms with van der Waals surface area (Å²) in [5.74, 6) is -0.579. The van der Waals surface area contributed by atoms with E-state index in [1.807, 2.05) is 24.4 Å². The van der Waals surface area contributed by atoms with Crippen molar-refractivity contribution in [3.63, 3.8) is 0 Å². The van der Waals surface area contributed by atoms with Gasteiger partial charge in [0, 0.05) is 17.3 Å². The molecule has 1 fully saturated rings. The van der Waals surface area contributed by atoms with Crippen molar-refractivity contribution in [2.24, 2.45) is 0 Å². The summed E-state index contributed by atoms with van der Waals surface area (Å²) in [6.45, 7) is 1.85. The monoisotopic (exact) mass is 461 g/mol. The van der Waals surface area contributed by atoms with Crippen molar-refractivity contribution >= 4 is 28.8 Å². The number of nitrogens with one attached hydrogen (secondary N) is 2.